The summed E-state index contributed by atoms with van der Waals surface area (Å²) < 4.78 is 28.8. The SMILES string of the molecule is COc1ccc(OC(=O)c2ccc(-c3ccc(OCCCCCCCCCC(OC)OC(CCC(C)C)CC(C)(C)C)cc3)cc2)cc1. The van der Waals surface area contributed by atoms with Crippen LogP contribution in [0.4, 0.5) is 0 Å². The van der Waals surface area contributed by atoms with Crippen molar-refractivity contribution < 1.29 is 28.5 Å². The maximum atomic E-state index is 12.5. The predicted molar refractivity (Wildman–Crippen MR) is 196 cm³/mol. The third-order valence-electron chi connectivity index (χ3n) is 8.44. The molecule has 0 N–H and O–H groups in total. The zero-order chi connectivity index (χ0) is 34.8. The highest BCUT2D eigenvalue weighted by Crippen LogP contribution is 2.28. The lowest BCUT2D eigenvalue weighted by molar-refractivity contribution is -0.167. The molecule has 3 aromatic carbocycles. The molecular weight excluding hydrogens is 600 g/mol. The summed E-state index contributed by atoms with van der Waals surface area (Å²) in [4.78, 5) is 12.5. The lowest BCUT2D eigenvalue weighted by Crippen LogP contribution is -2.28. The Balaban J connectivity index is 1.27. The maximum Gasteiger partial charge on any atom is 0.343 e. The van der Waals surface area contributed by atoms with Crippen LogP contribution in [0.25, 0.3) is 11.1 Å². The van der Waals surface area contributed by atoms with Gasteiger partial charge in [-0.15, -0.1) is 0 Å². The quantitative estimate of drug-likeness (QED) is 0.0462. The summed E-state index contributed by atoms with van der Waals surface area (Å²) in [5, 5.41) is 0. The van der Waals surface area contributed by atoms with E-state index in [0.29, 0.717) is 23.0 Å². The van der Waals surface area contributed by atoms with E-state index in [2.05, 4.69) is 46.8 Å². The van der Waals surface area contributed by atoms with Crippen molar-refractivity contribution in [2.24, 2.45) is 11.3 Å². The molecule has 0 aromatic heterocycles. The van der Waals surface area contributed by atoms with Crippen molar-refractivity contribution in [1.82, 2.24) is 0 Å². The predicted octanol–water partition coefficient (Wildman–Crippen LogP) is 11.3. The molecule has 0 bridgehead atoms. The second-order valence-corrected chi connectivity index (χ2v) is 14.4. The van der Waals surface area contributed by atoms with Crippen LogP contribution in [-0.4, -0.2) is 39.2 Å². The Hall–Kier alpha value is -3.35. The fourth-order valence-corrected chi connectivity index (χ4v) is 5.72. The van der Waals surface area contributed by atoms with Gasteiger partial charge < -0.3 is 23.7 Å². The number of carbonyl (C=O) groups excluding carboxylic acids is 1. The van der Waals surface area contributed by atoms with E-state index in [0.717, 1.165) is 55.6 Å². The molecule has 0 fully saturated rings. The van der Waals surface area contributed by atoms with Crippen LogP contribution in [-0.2, 0) is 9.47 Å². The van der Waals surface area contributed by atoms with Gasteiger partial charge in [0.15, 0.2) is 6.29 Å². The zero-order valence-corrected chi connectivity index (χ0v) is 30.6. The summed E-state index contributed by atoms with van der Waals surface area (Å²) in [6.07, 6.45) is 12.8. The summed E-state index contributed by atoms with van der Waals surface area (Å²) in [5.74, 6) is 2.37. The Labute approximate surface area is 290 Å². The van der Waals surface area contributed by atoms with Crippen molar-refractivity contribution in [3.05, 3.63) is 78.4 Å². The molecule has 0 heterocycles. The van der Waals surface area contributed by atoms with Crippen LogP contribution in [0.5, 0.6) is 17.2 Å². The molecule has 0 aliphatic carbocycles. The van der Waals surface area contributed by atoms with Gasteiger partial charge in [0.2, 0.25) is 0 Å². The van der Waals surface area contributed by atoms with Gasteiger partial charge in [0.05, 0.1) is 25.4 Å². The summed E-state index contributed by atoms with van der Waals surface area (Å²) in [5.41, 5.74) is 2.84. The molecule has 0 aliphatic heterocycles. The third kappa shape index (κ3) is 15.3. The Kier molecular flexibility index (Phi) is 17.0. The van der Waals surface area contributed by atoms with Crippen molar-refractivity contribution in [1.29, 1.82) is 0 Å². The highest BCUT2D eigenvalue weighted by Gasteiger charge is 2.23. The standard InChI is InChI=1S/C42H60O6/c1-32(2)16-23-39(31-42(3,4)5)47-40(45-7)15-13-11-9-8-10-12-14-30-46-37-24-21-34(22-25-37)33-17-19-35(20-18-33)41(43)48-38-28-26-36(44-6)27-29-38/h17-22,24-29,32,39-40H,8-16,23,30-31H2,1-7H3. The van der Waals surface area contributed by atoms with Crippen LogP contribution in [0, 0.1) is 11.3 Å². The van der Waals surface area contributed by atoms with Crippen molar-refractivity contribution in [2.45, 2.75) is 118 Å². The van der Waals surface area contributed by atoms with E-state index in [1.54, 1.807) is 50.6 Å². The van der Waals surface area contributed by atoms with Gasteiger partial charge in [-0.25, -0.2) is 4.79 Å². The fraction of sp³-hybridized carbons (Fsp3) is 0.548. The van der Waals surface area contributed by atoms with E-state index in [1.165, 1.54) is 38.5 Å². The molecule has 48 heavy (non-hydrogen) atoms. The number of rotatable bonds is 22. The number of methoxy groups -OCH3 is 2. The largest absolute Gasteiger partial charge is 0.497 e. The van der Waals surface area contributed by atoms with Gasteiger partial charge >= 0.3 is 5.97 Å². The lowest BCUT2D eigenvalue weighted by atomic mass is 9.87. The second kappa shape index (κ2) is 20.9. The number of unbranched alkanes of at least 4 members (excludes halogenated alkanes) is 6. The molecule has 3 rings (SSSR count). The first kappa shape index (κ1) is 39.1. The highest BCUT2D eigenvalue weighted by atomic mass is 16.7. The summed E-state index contributed by atoms with van der Waals surface area (Å²) in [6, 6.07) is 22.5. The minimum Gasteiger partial charge on any atom is -0.497 e. The van der Waals surface area contributed by atoms with Gasteiger partial charge in [-0.05, 0) is 110 Å². The Bertz CT molecular complexity index is 1290. The van der Waals surface area contributed by atoms with Gasteiger partial charge in [0.25, 0.3) is 0 Å². The monoisotopic (exact) mass is 660 g/mol. The molecular formula is C42H60O6. The maximum absolute atomic E-state index is 12.5. The smallest absolute Gasteiger partial charge is 0.343 e. The molecule has 2 unspecified atom stereocenters. The molecule has 0 saturated heterocycles. The highest BCUT2D eigenvalue weighted by molar-refractivity contribution is 5.91. The molecule has 0 aliphatic rings. The molecule has 2 atom stereocenters. The molecule has 264 valence electrons. The van der Waals surface area contributed by atoms with Crippen LogP contribution in [0.1, 0.15) is 116 Å². The van der Waals surface area contributed by atoms with E-state index in [-0.39, 0.29) is 17.8 Å². The topological polar surface area (TPSA) is 63.2 Å². The molecule has 3 aromatic rings. The first-order chi connectivity index (χ1) is 23.1. The molecule has 6 nitrogen and oxygen atoms in total. The normalized spacial score (nSPS) is 12.9. The number of esters is 1. The van der Waals surface area contributed by atoms with E-state index < -0.39 is 5.97 Å². The lowest BCUT2D eigenvalue weighted by Gasteiger charge is -2.30. The van der Waals surface area contributed by atoms with E-state index >= 15 is 0 Å². The molecule has 0 saturated carbocycles. The first-order valence-electron chi connectivity index (χ1n) is 17.9. The van der Waals surface area contributed by atoms with Gasteiger partial charge in [-0.2, -0.15) is 0 Å². The van der Waals surface area contributed by atoms with Crippen molar-refractivity contribution in [2.75, 3.05) is 20.8 Å². The van der Waals surface area contributed by atoms with Crippen molar-refractivity contribution in [3.8, 4) is 28.4 Å². The Morgan fingerprint density at radius 3 is 1.75 bits per heavy atom. The summed E-state index contributed by atoms with van der Waals surface area (Å²) in [6.45, 7) is 12.2. The number of hydrogen-bond donors (Lipinski definition) is 0. The fourth-order valence-electron chi connectivity index (χ4n) is 5.72. The van der Waals surface area contributed by atoms with Crippen LogP contribution < -0.4 is 14.2 Å². The van der Waals surface area contributed by atoms with Crippen LogP contribution in [0.2, 0.25) is 0 Å². The molecule has 6 heteroatoms. The van der Waals surface area contributed by atoms with Gasteiger partial charge in [0, 0.05) is 7.11 Å². The van der Waals surface area contributed by atoms with Crippen LogP contribution >= 0.6 is 0 Å². The third-order valence-corrected chi connectivity index (χ3v) is 8.44. The number of benzene rings is 3. The van der Waals surface area contributed by atoms with Gasteiger partial charge in [-0.1, -0.05) is 91.0 Å². The van der Waals surface area contributed by atoms with E-state index in [1.807, 2.05) is 24.3 Å². The number of carbonyl (C=O) groups is 1. The second-order valence-electron chi connectivity index (χ2n) is 14.4. The van der Waals surface area contributed by atoms with Crippen LogP contribution in [0.3, 0.4) is 0 Å². The first-order valence-corrected chi connectivity index (χ1v) is 17.9. The van der Waals surface area contributed by atoms with E-state index in [4.69, 9.17) is 23.7 Å². The molecule has 0 spiro atoms. The molecule has 0 radical (unpaired) electrons. The minimum atomic E-state index is -0.395. The summed E-state index contributed by atoms with van der Waals surface area (Å²) in [7, 11) is 3.38. The van der Waals surface area contributed by atoms with E-state index in [9.17, 15) is 4.79 Å². The Morgan fingerprint density at radius 1 is 0.646 bits per heavy atom. The van der Waals surface area contributed by atoms with Gasteiger partial charge in [-0.3, -0.25) is 0 Å². The summed E-state index contributed by atoms with van der Waals surface area (Å²) >= 11 is 0. The molecule has 0 amide bonds. The average molecular weight is 661 g/mol. The zero-order valence-electron chi connectivity index (χ0n) is 30.6. The van der Waals surface area contributed by atoms with Crippen molar-refractivity contribution in [3.63, 3.8) is 0 Å². The van der Waals surface area contributed by atoms with Crippen LogP contribution in [0.15, 0.2) is 72.8 Å². The Morgan fingerprint density at radius 2 is 1.19 bits per heavy atom. The van der Waals surface area contributed by atoms with Crippen molar-refractivity contribution >= 4 is 5.97 Å². The number of ether oxygens (including phenoxy) is 5. The minimum absolute atomic E-state index is 0.0988. The number of hydrogen-bond acceptors (Lipinski definition) is 6. The van der Waals surface area contributed by atoms with Gasteiger partial charge in [0.1, 0.15) is 17.2 Å². The average Bonchev–Trinajstić information content (AvgIpc) is 3.07.